The molecule has 1 heterocycles. The first-order valence-electron chi connectivity index (χ1n) is 4.46. The molecule has 0 aromatic carbocycles. The molecule has 13 heavy (non-hydrogen) atoms. The summed E-state index contributed by atoms with van der Waals surface area (Å²) in [5.74, 6) is -0.0138. The summed E-state index contributed by atoms with van der Waals surface area (Å²) in [5.41, 5.74) is 1.13. The van der Waals surface area contributed by atoms with Gasteiger partial charge in [-0.2, -0.15) is 0 Å². The lowest BCUT2D eigenvalue weighted by Gasteiger charge is -2.26. The van der Waals surface area contributed by atoms with E-state index in [1.165, 1.54) is 0 Å². The summed E-state index contributed by atoms with van der Waals surface area (Å²) in [4.78, 5) is 22.8. The Kier molecular flexibility index (Phi) is 1.59. The van der Waals surface area contributed by atoms with Gasteiger partial charge in [0.05, 0.1) is 5.41 Å². The zero-order valence-corrected chi connectivity index (χ0v) is 7.85. The number of carbonyl (C=O) groups excluding carboxylic acids is 2. The summed E-state index contributed by atoms with van der Waals surface area (Å²) < 4.78 is 4.97. The normalized spacial score (nSPS) is 33.4. The minimum absolute atomic E-state index is 0.158. The fourth-order valence-electron chi connectivity index (χ4n) is 2.07. The average molecular weight is 180 g/mol. The number of carbonyl (C=O) groups is 2. The molecule has 70 valence electrons. The van der Waals surface area contributed by atoms with E-state index >= 15 is 0 Å². The molecule has 1 atom stereocenters. The third-order valence-electron chi connectivity index (χ3n) is 3.19. The lowest BCUT2D eigenvalue weighted by Crippen LogP contribution is -2.30. The summed E-state index contributed by atoms with van der Waals surface area (Å²) in [6, 6.07) is 0. The molecule has 2 aliphatic rings. The van der Waals surface area contributed by atoms with E-state index in [1.54, 1.807) is 6.92 Å². The molecule has 0 radical (unpaired) electrons. The Labute approximate surface area is 76.8 Å². The van der Waals surface area contributed by atoms with E-state index in [4.69, 9.17) is 4.74 Å². The smallest absolute Gasteiger partial charge is 0.316 e. The molecule has 0 amide bonds. The molecule has 1 aliphatic carbocycles. The van der Waals surface area contributed by atoms with Gasteiger partial charge < -0.3 is 4.74 Å². The monoisotopic (exact) mass is 180 g/mol. The van der Waals surface area contributed by atoms with E-state index in [0.29, 0.717) is 19.4 Å². The van der Waals surface area contributed by atoms with Gasteiger partial charge in [-0.3, -0.25) is 9.59 Å². The Morgan fingerprint density at radius 1 is 1.38 bits per heavy atom. The first-order valence-corrected chi connectivity index (χ1v) is 4.46. The Hall–Kier alpha value is -1.12. The van der Waals surface area contributed by atoms with Crippen LogP contribution in [0.15, 0.2) is 11.1 Å². The van der Waals surface area contributed by atoms with E-state index in [9.17, 15) is 9.59 Å². The van der Waals surface area contributed by atoms with Crippen molar-refractivity contribution in [3.63, 3.8) is 0 Å². The van der Waals surface area contributed by atoms with E-state index < -0.39 is 5.41 Å². The summed E-state index contributed by atoms with van der Waals surface area (Å²) >= 11 is 0. The molecule has 0 bridgehead atoms. The van der Waals surface area contributed by atoms with Crippen molar-refractivity contribution in [1.29, 1.82) is 0 Å². The number of fused-ring (bicyclic) bond motifs is 1. The third kappa shape index (κ3) is 0.961. The molecule has 1 aliphatic heterocycles. The first-order chi connectivity index (χ1) is 6.05. The lowest BCUT2D eigenvalue weighted by molar-refractivity contribution is -0.145. The van der Waals surface area contributed by atoms with Crippen LogP contribution in [0.5, 0.6) is 0 Å². The molecule has 1 fully saturated rings. The van der Waals surface area contributed by atoms with Gasteiger partial charge in [0, 0.05) is 6.42 Å². The molecule has 0 unspecified atom stereocenters. The molecular formula is C10H12O3. The summed E-state index contributed by atoms with van der Waals surface area (Å²) in [6.07, 6.45) is 1.08. The van der Waals surface area contributed by atoms with Crippen molar-refractivity contribution in [2.45, 2.75) is 26.7 Å². The molecular weight excluding hydrogens is 168 g/mol. The van der Waals surface area contributed by atoms with E-state index in [-0.39, 0.29) is 11.8 Å². The van der Waals surface area contributed by atoms with Gasteiger partial charge in [-0.25, -0.2) is 0 Å². The quantitative estimate of drug-likeness (QED) is 0.526. The van der Waals surface area contributed by atoms with Crippen molar-refractivity contribution in [2.24, 2.45) is 5.41 Å². The molecule has 3 nitrogen and oxygen atoms in total. The van der Waals surface area contributed by atoms with Crippen LogP contribution in [0.2, 0.25) is 0 Å². The average Bonchev–Trinajstić information content (AvgIpc) is 2.39. The van der Waals surface area contributed by atoms with Crippen molar-refractivity contribution < 1.29 is 14.3 Å². The van der Waals surface area contributed by atoms with Crippen molar-refractivity contribution >= 4 is 11.8 Å². The minimum Gasteiger partial charge on any atom is -0.460 e. The number of rotatable bonds is 0. The fraction of sp³-hybridized carbons (Fsp3) is 0.600. The zero-order chi connectivity index (χ0) is 9.64. The van der Waals surface area contributed by atoms with Gasteiger partial charge in [0.15, 0.2) is 5.78 Å². The van der Waals surface area contributed by atoms with E-state index in [2.05, 4.69) is 0 Å². The van der Waals surface area contributed by atoms with Gasteiger partial charge >= 0.3 is 5.97 Å². The number of cyclic esters (lactones) is 1. The standard InChI is InChI=1S/C10H12O3/c1-6-7-5-13-9(12)10(7,2)4-3-8(6)11/h3-5H2,1-2H3/t10-/m0/s1. The topological polar surface area (TPSA) is 43.4 Å². The second kappa shape index (κ2) is 2.44. The van der Waals surface area contributed by atoms with E-state index in [0.717, 1.165) is 11.1 Å². The zero-order valence-electron chi connectivity index (χ0n) is 7.85. The molecule has 0 aromatic heterocycles. The molecule has 3 heteroatoms. The van der Waals surface area contributed by atoms with Crippen LogP contribution >= 0.6 is 0 Å². The molecule has 1 saturated heterocycles. The Bertz CT molecular complexity index is 327. The van der Waals surface area contributed by atoms with Crippen LogP contribution in [0.3, 0.4) is 0 Å². The molecule has 0 saturated carbocycles. The second-order valence-corrected chi connectivity index (χ2v) is 3.93. The number of ketones is 1. The number of hydrogen-bond acceptors (Lipinski definition) is 3. The van der Waals surface area contributed by atoms with Crippen LogP contribution in [0.1, 0.15) is 26.7 Å². The fourth-order valence-corrected chi connectivity index (χ4v) is 2.07. The maximum atomic E-state index is 11.4. The van der Waals surface area contributed by atoms with Crippen molar-refractivity contribution in [2.75, 3.05) is 6.61 Å². The number of ether oxygens (including phenoxy) is 1. The van der Waals surface area contributed by atoms with Crippen LogP contribution in [0.25, 0.3) is 0 Å². The Balaban J connectivity index is 2.54. The number of allylic oxidation sites excluding steroid dienone is 1. The van der Waals surface area contributed by atoms with Gasteiger partial charge in [0.1, 0.15) is 6.61 Å². The summed E-state index contributed by atoms with van der Waals surface area (Å²) in [7, 11) is 0. The molecule has 0 aromatic rings. The van der Waals surface area contributed by atoms with Gasteiger partial charge in [-0.15, -0.1) is 0 Å². The van der Waals surface area contributed by atoms with Crippen molar-refractivity contribution in [3.05, 3.63) is 11.1 Å². The van der Waals surface area contributed by atoms with Gasteiger partial charge in [-0.05, 0) is 31.4 Å². The molecule has 2 rings (SSSR count). The van der Waals surface area contributed by atoms with Crippen molar-refractivity contribution in [3.8, 4) is 0 Å². The van der Waals surface area contributed by atoms with Gasteiger partial charge in [-0.1, -0.05) is 0 Å². The highest BCUT2D eigenvalue weighted by Gasteiger charge is 2.48. The van der Waals surface area contributed by atoms with Crippen LogP contribution < -0.4 is 0 Å². The van der Waals surface area contributed by atoms with Crippen LogP contribution in [-0.4, -0.2) is 18.4 Å². The summed E-state index contributed by atoms with van der Waals surface area (Å²) in [5, 5.41) is 0. The Morgan fingerprint density at radius 3 is 2.77 bits per heavy atom. The minimum atomic E-state index is -0.502. The SMILES string of the molecule is CC1=C2COC(=O)[C@@]2(C)CCC1=O. The number of esters is 1. The third-order valence-corrected chi connectivity index (χ3v) is 3.19. The predicted molar refractivity (Wildman–Crippen MR) is 46.0 cm³/mol. The van der Waals surface area contributed by atoms with Crippen molar-refractivity contribution in [1.82, 2.24) is 0 Å². The Morgan fingerprint density at radius 2 is 2.08 bits per heavy atom. The predicted octanol–water partition coefficient (Wildman–Crippen LogP) is 1.23. The highest BCUT2D eigenvalue weighted by Crippen LogP contribution is 2.44. The molecule has 0 N–H and O–H groups in total. The van der Waals surface area contributed by atoms with Gasteiger partial charge in [0.25, 0.3) is 0 Å². The van der Waals surface area contributed by atoms with E-state index in [1.807, 2.05) is 6.92 Å². The molecule has 0 spiro atoms. The number of hydrogen-bond donors (Lipinski definition) is 0. The largest absolute Gasteiger partial charge is 0.460 e. The second-order valence-electron chi connectivity index (χ2n) is 3.93. The highest BCUT2D eigenvalue weighted by molar-refractivity contribution is 6.00. The van der Waals surface area contributed by atoms with Crippen LogP contribution in [0.4, 0.5) is 0 Å². The lowest BCUT2D eigenvalue weighted by atomic mass is 9.72. The van der Waals surface area contributed by atoms with Crippen LogP contribution in [-0.2, 0) is 14.3 Å². The van der Waals surface area contributed by atoms with Gasteiger partial charge in [0.2, 0.25) is 0 Å². The van der Waals surface area contributed by atoms with Crippen LogP contribution in [0, 0.1) is 5.41 Å². The first kappa shape index (κ1) is 8.48. The summed E-state index contributed by atoms with van der Waals surface area (Å²) in [6.45, 7) is 3.97. The highest BCUT2D eigenvalue weighted by atomic mass is 16.5. The number of Topliss-reactive ketones (excluding diaryl/α,β-unsaturated/α-hetero) is 1. The maximum absolute atomic E-state index is 11.4. The maximum Gasteiger partial charge on any atom is 0.316 e.